The maximum Gasteiger partial charge on any atom is 0.227 e. The van der Waals surface area contributed by atoms with Crippen LogP contribution in [0.4, 0.5) is 0 Å². The van der Waals surface area contributed by atoms with Crippen molar-refractivity contribution >= 4 is 29.1 Å². The maximum absolute atomic E-state index is 9.72. The second kappa shape index (κ2) is 8.87. The maximum atomic E-state index is 9.72. The zero-order valence-electron chi connectivity index (χ0n) is 14.7. The van der Waals surface area contributed by atoms with E-state index in [-0.39, 0.29) is 23.9 Å². The molecule has 2 aromatic carbocycles. The van der Waals surface area contributed by atoms with Crippen LogP contribution in [0.3, 0.4) is 0 Å². The molecule has 0 atom stereocenters. The highest BCUT2D eigenvalue weighted by Gasteiger charge is 2.13. The third-order valence-electron chi connectivity index (χ3n) is 3.62. The van der Waals surface area contributed by atoms with Gasteiger partial charge in [-0.25, -0.2) is 4.98 Å². The third-order valence-corrected chi connectivity index (χ3v) is 3.62. The van der Waals surface area contributed by atoms with Crippen LogP contribution in [-0.4, -0.2) is 20.2 Å². The van der Waals surface area contributed by atoms with Crippen molar-refractivity contribution in [2.24, 2.45) is 0 Å². The molecule has 2 N–H and O–H groups in total. The number of hydrogen-bond acceptors (Lipinski definition) is 5. The van der Waals surface area contributed by atoms with Crippen LogP contribution in [0.15, 0.2) is 78.0 Å². The molecule has 0 saturated heterocycles. The highest BCUT2D eigenvalue weighted by molar-refractivity contribution is 5.89. The number of benzene rings is 2. The van der Waals surface area contributed by atoms with Crippen molar-refractivity contribution < 1.29 is 14.6 Å². The molecule has 4 rings (SSSR count). The number of rotatable bonds is 2. The molecular weight excluding hydrogens is 364 g/mol. The molecule has 27 heavy (non-hydrogen) atoms. The molecule has 0 saturated carbocycles. The zero-order valence-corrected chi connectivity index (χ0v) is 15.5. The van der Waals surface area contributed by atoms with Crippen molar-refractivity contribution in [3.05, 3.63) is 79.1 Å². The minimum atomic E-state index is 0. The van der Waals surface area contributed by atoms with Crippen LogP contribution in [0.2, 0.25) is 0 Å². The van der Waals surface area contributed by atoms with E-state index in [1.54, 1.807) is 48.8 Å². The molecule has 0 aliphatic heterocycles. The highest BCUT2D eigenvalue weighted by atomic mass is 35.5. The summed E-state index contributed by atoms with van der Waals surface area (Å²) in [5, 5.41) is 19.0. The van der Waals surface area contributed by atoms with Crippen LogP contribution in [0, 0.1) is 0 Å². The fraction of sp³-hybridized carbons (Fsp3) is 0.0476. The lowest BCUT2D eigenvalue weighted by atomic mass is 10.1. The van der Waals surface area contributed by atoms with Gasteiger partial charge in [0.2, 0.25) is 5.89 Å². The smallest absolute Gasteiger partial charge is 0.227 e. The molecule has 0 aliphatic carbocycles. The van der Waals surface area contributed by atoms with E-state index >= 15 is 0 Å². The lowest BCUT2D eigenvalue weighted by Crippen LogP contribution is -1.79. The second-order valence-electron chi connectivity index (χ2n) is 5.71. The lowest BCUT2D eigenvalue weighted by Gasteiger charge is -2.00. The van der Waals surface area contributed by atoms with E-state index in [2.05, 4.69) is 16.5 Å². The molecule has 0 fully saturated rings. The molecular formula is C21H19ClN2O3. The summed E-state index contributed by atoms with van der Waals surface area (Å²) in [5.41, 5.74) is 3.45. The number of phenolic OH excluding ortho intramolecular Hbond substituents is 2. The molecule has 0 amide bonds. The summed E-state index contributed by atoms with van der Waals surface area (Å²) in [5.74, 6) is 0.749. The van der Waals surface area contributed by atoms with Crippen LogP contribution >= 0.6 is 12.4 Å². The van der Waals surface area contributed by atoms with Gasteiger partial charge in [-0.3, -0.25) is 4.98 Å². The van der Waals surface area contributed by atoms with Crippen molar-refractivity contribution in [1.29, 1.82) is 0 Å². The van der Waals surface area contributed by atoms with E-state index in [9.17, 15) is 10.2 Å². The van der Waals surface area contributed by atoms with Gasteiger partial charge >= 0.3 is 0 Å². The van der Waals surface area contributed by atoms with Gasteiger partial charge in [0.1, 0.15) is 17.0 Å². The van der Waals surface area contributed by atoms with E-state index in [4.69, 9.17) is 4.42 Å². The fourth-order valence-corrected chi connectivity index (χ4v) is 2.37. The number of aromatic nitrogens is 2. The minimum absolute atomic E-state index is 0. The quantitative estimate of drug-likeness (QED) is 0.482. The number of fused-ring (bicyclic) bond motifs is 1. The summed E-state index contributed by atoms with van der Waals surface area (Å²) in [6, 6.07) is 15.5. The number of halogens is 1. The van der Waals surface area contributed by atoms with Crippen LogP contribution in [0.5, 0.6) is 11.5 Å². The van der Waals surface area contributed by atoms with Gasteiger partial charge in [0, 0.05) is 29.6 Å². The van der Waals surface area contributed by atoms with Gasteiger partial charge in [-0.1, -0.05) is 12.6 Å². The number of hydrogen-bond donors (Lipinski definition) is 2. The predicted octanol–water partition coefficient (Wildman–Crippen LogP) is 5.44. The van der Waals surface area contributed by atoms with Crippen molar-refractivity contribution in [2.75, 3.05) is 0 Å². The first kappa shape index (κ1) is 20.0. The molecule has 0 unspecified atom stereocenters. The van der Waals surface area contributed by atoms with Crippen LogP contribution < -0.4 is 0 Å². The van der Waals surface area contributed by atoms with Gasteiger partial charge in [0.25, 0.3) is 0 Å². The van der Waals surface area contributed by atoms with Gasteiger partial charge in [-0.15, -0.1) is 12.4 Å². The van der Waals surface area contributed by atoms with Crippen molar-refractivity contribution in [3.8, 4) is 23.0 Å². The Morgan fingerprint density at radius 1 is 0.963 bits per heavy atom. The van der Waals surface area contributed by atoms with Gasteiger partial charge in [0.05, 0.1) is 0 Å². The Kier molecular flexibility index (Phi) is 6.57. The first-order chi connectivity index (χ1) is 12.5. The number of allylic oxidation sites excluding steroid dienone is 1. The van der Waals surface area contributed by atoms with Crippen molar-refractivity contribution in [2.45, 2.75) is 6.92 Å². The van der Waals surface area contributed by atoms with Gasteiger partial charge in [-0.05, 0) is 55.0 Å². The third kappa shape index (κ3) is 4.86. The first-order valence-corrected chi connectivity index (χ1v) is 7.98. The van der Waals surface area contributed by atoms with E-state index in [0.29, 0.717) is 17.0 Å². The summed E-state index contributed by atoms with van der Waals surface area (Å²) < 4.78 is 5.78. The number of nitrogens with zero attached hydrogens (tertiary/aromatic N) is 2. The van der Waals surface area contributed by atoms with E-state index in [0.717, 1.165) is 16.7 Å². The summed E-state index contributed by atoms with van der Waals surface area (Å²) >= 11 is 0. The summed E-state index contributed by atoms with van der Waals surface area (Å²) in [6.07, 6.45) is 3.50. The highest BCUT2D eigenvalue weighted by Crippen LogP contribution is 2.32. The standard InChI is InChI=1S/C16H13NO3.C5H5N.ClH/c1-9(2)13-7-12(19)8-14-15(13)20-16(17-14)10-3-5-11(18)6-4-10;1-2-4-6-5-3-1;/h3-8,18-19H,1H2,2H3;1-5H;1H. The Morgan fingerprint density at radius 3 is 2.15 bits per heavy atom. The SMILES string of the molecule is C=C(C)c1cc(O)cc2nc(-c3ccc(O)cc3)oc12.Cl.c1ccncc1. The molecule has 2 heterocycles. The Balaban J connectivity index is 0.000000320. The number of oxazole rings is 1. The van der Waals surface area contributed by atoms with E-state index in [1.165, 1.54) is 0 Å². The Labute approximate surface area is 163 Å². The molecule has 0 spiro atoms. The average Bonchev–Trinajstić information content (AvgIpc) is 3.07. The zero-order chi connectivity index (χ0) is 18.5. The normalized spacial score (nSPS) is 9.81. The predicted molar refractivity (Wildman–Crippen MR) is 109 cm³/mol. The minimum Gasteiger partial charge on any atom is -0.508 e. The number of phenols is 2. The fourth-order valence-electron chi connectivity index (χ4n) is 2.37. The Hall–Kier alpha value is -3.31. The molecule has 5 nitrogen and oxygen atoms in total. The Bertz CT molecular complexity index is 1000. The summed E-state index contributed by atoms with van der Waals surface area (Å²) in [7, 11) is 0. The van der Waals surface area contributed by atoms with Crippen LogP contribution in [-0.2, 0) is 0 Å². The number of pyridine rings is 1. The van der Waals surface area contributed by atoms with Crippen molar-refractivity contribution in [3.63, 3.8) is 0 Å². The van der Waals surface area contributed by atoms with Gasteiger partial charge < -0.3 is 14.6 Å². The molecule has 0 radical (unpaired) electrons. The molecule has 6 heteroatoms. The van der Waals surface area contributed by atoms with E-state index < -0.39 is 0 Å². The van der Waals surface area contributed by atoms with Crippen molar-refractivity contribution in [1.82, 2.24) is 9.97 Å². The molecule has 0 bridgehead atoms. The topological polar surface area (TPSA) is 79.4 Å². The molecule has 2 aromatic heterocycles. The molecule has 4 aromatic rings. The van der Waals surface area contributed by atoms with Crippen LogP contribution in [0.1, 0.15) is 12.5 Å². The van der Waals surface area contributed by atoms with Gasteiger partial charge in [0.15, 0.2) is 5.58 Å². The Morgan fingerprint density at radius 2 is 1.63 bits per heavy atom. The largest absolute Gasteiger partial charge is 0.508 e. The van der Waals surface area contributed by atoms with Gasteiger partial charge in [-0.2, -0.15) is 0 Å². The monoisotopic (exact) mass is 382 g/mol. The lowest BCUT2D eigenvalue weighted by molar-refractivity contribution is 0.474. The second-order valence-corrected chi connectivity index (χ2v) is 5.71. The summed E-state index contributed by atoms with van der Waals surface area (Å²) in [6.45, 7) is 5.72. The molecule has 0 aliphatic rings. The average molecular weight is 383 g/mol. The summed E-state index contributed by atoms with van der Waals surface area (Å²) in [4.78, 5) is 8.15. The van der Waals surface area contributed by atoms with E-state index in [1.807, 2.05) is 25.1 Å². The number of aromatic hydroxyl groups is 2. The van der Waals surface area contributed by atoms with Crippen LogP contribution in [0.25, 0.3) is 28.1 Å². The first-order valence-electron chi connectivity index (χ1n) is 7.98. The molecule has 138 valence electrons.